The minimum Gasteiger partial charge on any atom is -0.481 e. The van der Waals surface area contributed by atoms with Crippen molar-refractivity contribution in [1.29, 1.82) is 0 Å². The maximum absolute atomic E-state index is 11.9. The highest BCUT2D eigenvalue weighted by molar-refractivity contribution is 5.70. The zero-order valence-corrected chi connectivity index (χ0v) is 19.1. The first kappa shape index (κ1) is 23.6. The second kappa shape index (κ2) is 11.1. The number of carbonyl (C=O) groups excluding carboxylic acids is 1. The molecule has 10 heteroatoms. The van der Waals surface area contributed by atoms with Gasteiger partial charge in [0, 0.05) is 31.5 Å². The number of alkyl carbamates (subject to hydrolysis) is 1. The van der Waals surface area contributed by atoms with Crippen LogP contribution in [0, 0.1) is 5.92 Å². The van der Waals surface area contributed by atoms with Crippen LogP contribution >= 0.6 is 0 Å². The van der Waals surface area contributed by atoms with Gasteiger partial charge < -0.3 is 33.9 Å². The molecule has 2 aliphatic heterocycles. The lowest BCUT2D eigenvalue weighted by Gasteiger charge is -2.20. The molecule has 0 saturated carbocycles. The predicted molar refractivity (Wildman–Crippen MR) is 120 cm³/mol. The molecule has 1 aromatic carbocycles. The van der Waals surface area contributed by atoms with Crippen molar-refractivity contribution in [1.82, 2.24) is 14.9 Å². The van der Waals surface area contributed by atoms with Crippen LogP contribution in [0.2, 0.25) is 0 Å². The second-order valence-electron chi connectivity index (χ2n) is 8.21. The summed E-state index contributed by atoms with van der Waals surface area (Å²) in [5, 5.41) is 12.4. The Bertz CT molecular complexity index is 1060. The number of nitrogens with zero attached hydrogens (tertiary/aromatic N) is 2. The van der Waals surface area contributed by atoms with Gasteiger partial charge in [-0.15, -0.1) is 0 Å². The van der Waals surface area contributed by atoms with Crippen molar-refractivity contribution in [2.75, 3.05) is 33.7 Å². The zero-order chi connectivity index (χ0) is 23.9. The predicted octanol–water partition coefficient (Wildman–Crippen LogP) is 2.58. The van der Waals surface area contributed by atoms with E-state index in [1.54, 1.807) is 6.33 Å². The molecule has 10 nitrogen and oxygen atoms in total. The molecule has 182 valence electrons. The molecular formula is C24H29N3O7. The first-order chi connectivity index (χ1) is 16.6. The van der Waals surface area contributed by atoms with Gasteiger partial charge in [0.05, 0.1) is 17.9 Å². The standard InChI is InChI=1S/C24H29N3O7/c1-31-12-21-22(34-15-33-21)13-32-24(30)25-10-4-6-17(23(28)29)11-18-20-9-8-16-5-2-3-7-19(16)27(20)14-26-18/h2-3,5,7,14,17H,4,6,8-13,15H2,1H3,(H,25,30)(H,28,29)/t17-/m0/s1. The number of methoxy groups -OCH3 is 1. The summed E-state index contributed by atoms with van der Waals surface area (Å²) in [6.07, 6.45) is 4.21. The fourth-order valence-corrected chi connectivity index (χ4v) is 4.24. The van der Waals surface area contributed by atoms with Gasteiger partial charge in [-0.2, -0.15) is 0 Å². The molecule has 4 rings (SSSR count). The fourth-order valence-electron chi connectivity index (χ4n) is 4.24. The summed E-state index contributed by atoms with van der Waals surface area (Å²) in [4.78, 5) is 28.3. The molecule has 2 N–H and O–H groups in total. The van der Waals surface area contributed by atoms with Gasteiger partial charge >= 0.3 is 12.1 Å². The number of hydrogen-bond donors (Lipinski definition) is 2. The maximum atomic E-state index is 11.9. The van der Waals surface area contributed by atoms with Crippen LogP contribution in [0.25, 0.3) is 5.69 Å². The third-order valence-corrected chi connectivity index (χ3v) is 6.01. The molecule has 0 radical (unpaired) electrons. The van der Waals surface area contributed by atoms with E-state index in [0.717, 1.165) is 29.9 Å². The largest absolute Gasteiger partial charge is 0.481 e. The van der Waals surface area contributed by atoms with E-state index in [0.29, 0.717) is 37.3 Å². The number of nitrogens with one attached hydrogen (secondary N) is 1. The van der Waals surface area contributed by atoms with E-state index in [1.807, 2.05) is 12.1 Å². The van der Waals surface area contributed by atoms with Crippen LogP contribution in [0.4, 0.5) is 4.79 Å². The van der Waals surface area contributed by atoms with Gasteiger partial charge in [0.1, 0.15) is 6.61 Å². The van der Waals surface area contributed by atoms with Crippen molar-refractivity contribution in [3.63, 3.8) is 0 Å². The SMILES string of the molecule is COCC1=C(COC(=O)NCCC[C@@H](Cc2ncn3c2CCc2ccccc2-3)C(=O)O)OCO1. The maximum Gasteiger partial charge on any atom is 0.407 e. The monoisotopic (exact) mass is 471 g/mol. The highest BCUT2D eigenvalue weighted by Gasteiger charge is 2.25. The van der Waals surface area contributed by atoms with Crippen LogP contribution in [0.1, 0.15) is 29.8 Å². The van der Waals surface area contributed by atoms with Gasteiger partial charge in [-0.3, -0.25) is 4.79 Å². The molecule has 3 heterocycles. The molecular weight excluding hydrogens is 442 g/mol. The number of aryl methyl sites for hydroxylation is 1. The number of hydrogen-bond acceptors (Lipinski definition) is 7. The fraction of sp³-hybridized carbons (Fsp3) is 0.458. The number of aliphatic carboxylic acids is 1. The van der Waals surface area contributed by atoms with Crippen LogP contribution in [0.5, 0.6) is 0 Å². The van der Waals surface area contributed by atoms with E-state index >= 15 is 0 Å². The quantitative estimate of drug-likeness (QED) is 0.480. The van der Waals surface area contributed by atoms with E-state index < -0.39 is 18.0 Å². The van der Waals surface area contributed by atoms with Crippen molar-refractivity contribution >= 4 is 12.1 Å². The number of carboxylic acid groups (broad SMARTS) is 1. The normalized spacial score (nSPS) is 15.1. The van der Waals surface area contributed by atoms with Gasteiger partial charge in [-0.1, -0.05) is 18.2 Å². The Balaban J connectivity index is 1.24. The van der Waals surface area contributed by atoms with E-state index in [2.05, 4.69) is 27.0 Å². The average Bonchev–Trinajstić information content (AvgIpc) is 3.46. The van der Waals surface area contributed by atoms with Gasteiger partial charge in [0.2, 0.25) is 6.79 Å². The van der Waals surface area contributed by atoms with Crippen molar-refractivity contribution < 1.29 is 33.6 Å². The average molecular weight is 472 g/mol. The highest BCUT2D eigenvalue weighted by atomic mass is 16.7. The molecule has 2 aliphatic rings. The molecule has 1 amide bonds. The topological polar surface area (TPSA) is 121 Å². The Hall–Kier alpha value is -3.53. The van der Waals surface area contributed by atoms with Gasteiger partial charge in [0.25, 0.3) is 0 Å². The van der Waals surface area contributed by atoms with Crippen LogP contribution in [-0.4, -0.2) is 60.4 Å². The van der Waals surface area contributed by atoms with Crippen molar-refractivity contribution in [2.24, 2.45) is 5.92 Å². The summed E-state index contributed by atoms with van der Waals surface area (Å²) in [6, 6.07) is 8.19. The minimum absolute atomic E-state index is 0.0587. The Morgan fingerprint density at radius 1 is 1.21 bits per heavy atom. The van der Waals surface area contributed by atoms with Crippen molar-refractivity contribution in [3.8, 4) is 5.69 Å². The highest BCUT2D eigenvalue weighted by Crippen LogP contribution is 2.28. The number of rotatable bonds is 11. The molecule has 0 bridgehead atoms. The Morgan fingerprint density at radius 2 is 2.00 bits per heavy atom. The smallest absolute Gasteiger partial charge is 0.407 e. The number of carboxylic acids is 1. The summed E-state index contributed by atoms with van der Waals surface area (Å²) in [6.45, 7) is 0.556. The third kappa shape index (κ3) is 5.51. The molecule has 0 aliphatic carbocycles. The Morgan fingerprint density at radius 3 is 2.79 bits per heavy atom. The number of amides is 1. The third-order valence-electron chi connectivity index (χ3n) is 6.01. The van der Waals surface area contributed by atoms with Gasteiger partial charge in [-0.05, 0) is 37.3 Å². The molecule has 0 spiro atoms. The summed E-state index contributed by atoms with van der Waals surface area (Å²) in [7, 11) is 1.53. The first-order valence-corrected chi connectivity index (χ1v) is 11.3. The van der Waals surface area contributed by atoms with Crippen LogP contribution in [0.15, 0.2) is 42.1 Å². The van der Waals surface area contributed by atoms with E-state index in [4.69, 9.17) is 18.9 Å². The summed E-state index contributed by atoms with van der Waals surface area (Å²) >= 11 is 0. The van der Waals surface area contributed by atoms with Crippen LogP contribution in [0.3, 0.4) is 0 Å². The molecule has 2 aromatic rings. The molecule has 1 atom stereocenters. The van der Waals surface area contributed by atoms with E-state index in [9.17, 15) is 14.7 Å². The molecule has 0 unspecified atom stereocenters. The van der Waals surface area contributed by atoms with Crippen LogP contribution in [-0.2, 0) is 43.0 Å². The molecule has 0 saturated heterocycles. The van der Waals surface area contributed by atoms with Gasteiger partial charge in [0.15, 0.2) is 18.1 Å². The zero-order valence-electron chi connectivity index (χ0n) is 19.1. The number of carbonyl (C=O) groups is 2. The van der Waals surface area contributed by atoms with Gasteiger partial charge in [-0.25, -0.2) is 9.78 Å². The number of aromatic nitrogens is 2. The number of para-hydroxylation sites is 1. The minimum atomic E-state index is -0.864. The van der Waals surface area contributed by atoms with Crippen LogP contribution < -0.4 is 5.32 Å². The van der Waals surface area contributed by atoms with Crippen molar-refractivity contribution in [3.05, 3.63) is 59.1 Å². The summed E-state index contributed by atoms with van der Waals surface area (Å²) in [5.41, 5.74) is 4.28. The lowest BCUT2D eigenvalue weighted by Crippen LogP contribution is -2.27. The number of imidazole rings is 1. The lowest BCUT2D eigenvalue weighted by molar-refractivity contribution is -0.142. The lowest BCUT2D eigenvalue weighted by atomic mass is 9.94. The number of ether oxygens (including phenoxy) is 4. The second-order valence-corrected chi connectivity index (χ2v) is 8.21. The first-order valence-electron chi connectivity index (χ1n) is 11.3. The molecule has 0 fully saturated rings. The van der Waals surface area contributed by atoms with E-state index in [1.165, 1.54) is 12.7 Å². The molecule has 1 aromatic heterocycles. The molecule has 34 heavy (non-hydrogen) atoms. The summed E-state index contributed by atoms with van der Waals surface area (Å²) < 4.78 is 22.7. The van der Waals surface area contributed by atoms with E-state index in [-0.39, 0.29) is 20.0 Å². The number of benzene rings is 1. The number of fused-ring (bicyclic) bond motifs is 3. The Labute approximate surface area is 197 Å². The Kier molecular flexibility index (Phi) is 7.69. The van der Waals surface area contributed by atoms with Crippen molar-refractivity contribution in [2.45, 2.75) is 32.1 Å². The summed E-state index contributed by atoms with van der Waals surface area (Å²) in [5.74, 6) is -0.518.